The second-order valence-corrected chi connectivity index (χ2v) is 8.24. The Hall–Kier alpha value is -2.89. The Labute approximate surface area is 176 Å². The first kappa shape index (κ1) is 20.4. The Morgan fingerprint density at radius 1 is 1.07 bits per heavy atom. The van der Waals surface area contributed by atoms with Crippen molar-refractivity contribution < 1.29 is 23.5 Å². The summed E-state index contributed by atoms with van der Waals surface area (Å²) in [5.41, 5.74) is 1.83. The highest BCUT2D eigenvalue weighted by molar-refractivity contribution is 5.98. The standard InChI is InChI=1S/C24H27NO5/c26-22(19-10-8-18(9-11-19)17-5-2-1-3-6-17)16-30-24(28)20-13-23(27)25(14-20)15-21-7-4-12-29-21/h4,7-12,17,20H,1-3,5-6,13-16H2/t20-/m0/s1. The van der Waals surface area contributed by atoms with E-state index >= 15 is 0 Å². The number of ether oxygens (including phenoxy) is 1. The molecule has 4 rings (SSSR count). The van der Waals surface area contributed by atoms with Gasteiger partial charge in [0, 0.05) is 18.5 Å². The highest BCUT2D eigenvalue weighted by Crippen LogP contribution is 2.32. The molecule has 1 aliphatic heterocycles. The van der Waals surface area contributed by atoms with Gasteiger partial charge in [-0.2, -0.15) is 0 Å². The molecule has 0 bridgehead atoms. The summed E-state index contributed by atoms with van der Waals surface area (Å²) >= 11 is 0. The fraction of sp³-hybridized carbons (Fsp3) is 0.458. The number of amides is 1. The molecule has 2 aromatic rings. The number of hydrogen-bond donors (Lipinski definition) is 0. The van der Waals surface area contributed by atoms with Gasteiger partial charge in [0.15, 0.2) is 12.4 Å². The van der Waals surface area contributed by atoms with E-state index in [9.17, 15) is 14.4 Å². The van der Waals surface area contributed by atoms with Crippen LogP contribution < -0.4 is 0 Å². The summed E-state index contributed by atoms with van der Waals surface area (Å²) < 4.78 is 10.5. The summed E-state index contributed by atoms with van der Waals surface area (Å²) in [6.07, 6.45) is 7.92. The molecule has 1 aromatic carbocycles. The van der Waals surface area contributed by atoms with Crippen LogP contribution in [-0.4, -0.2) is 35.7 Å². The van der Waals surface area contributed by atoms with Crippen molar-refractivity contribution in [1.82, 2.24) is 4.90 Å². The molecule has 1 saturated heterocycles. The van der Waals surface area contributed by atoms with Crippen molar-refractivity contribution in [2.45, 2.75) is 51.0 Å². The van der Waals surface area contributed by atoms with E-state index in [-0.39, 0.29) is 31.3 Å². The van der Waals surface area contributed by atoms with E-state index in [0.29, 0.717) is 23.8 Å². The molecular formula is C24H27NO5. The predicted octanol–water partition coefficient (Wildman–Crippen LogP) is 4.10. The number of ketones is 1. The molecule has 6 nitrogen and oxygen atoms in total. The molecule has 158 valence electrons. The number of likely N-dealkylation sites (tertiary alicyclic amines) is 1. The van der Waals surface area contributed by atoms with Crippen molar-refractivity contribution in [1.29, 1.82) is 0 Å². The molecule has 0 radical (unpaired) electrons. The SMILES string of the molecule is O=C(COC(=O)[C@H]1CC(=O)N(Cc2ccco2)C1)c1ccc(C2CCCCC2)cc1. The second kappa shape index (κ2) is 9.28. The third-order valence-electron chi connectivity index (χ3n) is 6.13. The van der Waals surface area contributed by atoms with Crippen molar-refractivity contribution in [3.63, 3.8) is 0 Å². The summed E-state index contributed by atoms with van der Waals surface area (Å²) in [6.45, 7) is 0.314. The first-order chi connectivity index (χ1) is 14.6. The van der Waals surface area contributed by atoms with Crippen molar-refractivity contribution >= 4 is 17.7 Å². The van der Waals surface area contributed by atoms with E-state index in [4.69, 9.17) is 9.15 Å². The Kier molecular flexibility index (Phi) is 6.31. The number of furan rings is 1. The van der Waals surface area contributed by atoms with Gasteiger partial charge in [-0.25, -0.2) is 0 Å². The zero-order valence-electron chi connectivity index (χ0n) is 17.0. The summed E-state index contributed by atoms with van der Waals surface area (Å²) in [4.78, 5) is 38.5. The van der Waals surface area contributed by atoms with Gasteiger partial charge >= 0.3 is 5.97 Å². The molecule has 2 aliphatic rings. The molecule has 1 aliphatic carbocycles. The summed E-state index contributed by atoms with van der Waals surface area (Å²) in [5.74, 6) is -0.131. The fourth-order valence-electron chi connectivity index (χ4n) is 4.39. The average molecular weight is 409 g/mol. The monoisotopic (exact) mass is 409 g/mol. The van der Waals surface area contributed by atoms with Crippen LogP contribution >= 0.6 is 0 Å². The molecule has 30 heavy (non-hydrogen) atoms. The lowest BCUT2D eigenvalue weighted by molar-refractivity contribution is -0.147. The minimum atomic E-state index is -0.547. The topological polar surface area (TPSA) is 76.8 Å². The van der Waals surface area contributed by atoms with Crippen molar-refractivity contribution in [3.05, 3.63) is 59.5 Å². The van der Waals surface area contributed by atoms with Crippen LogP contribution in [0.4, 0.5) is 0 Å². The van der Waals surface area contributed by atoms with Crippen LogP contribution in [0.15, 0.2) is 47.1 Å². The van der Waals surface area contributed by atoms with E-state index in [0.717, 1.165) is 0 Å². The Balaban J connectivity index is 1.26. The largest absolute Gasteiger partial charge is 0.467 e. The maximum absolute atomic E-state index is 12.4. The molecule has 1 atom stereocenters. The second-order valence-electron chi connectivity index (χ2n) is 8.24. The van der Waals surface area contributed by atoms with Crippen molar-refractivity contribution in [2.24, 2.45) is 5.92 Å². The van der Waals surface area contributed by atoms with Gasteiger partial charge in [0.1, 0.15) is 5.76 Å². The normalized spacial score (nSPS) is 19.8. The lowest BCUT2D eigenvalue weighted by Gasteiger charge is -2.22. The van der Waals surface area contributed by atoms with Gasteiger partial charge in [0.2, 0.25) is 5.91 Å². The Morgan fingerprint density at radius 2 is 1.83 bits per heavy atom. The van der Waals surface area contributed by atoms with Crippen LogP contribution in [0.1, 0.15) is 66.1 Å². The van der Waals surface area contributed by atoms with Gasteiger partial charge in [-0.15, -0.1) is 0 Å². The van der Waals surface area contributed by atoms with E-state index in [1.807, 2.05) is 24.3 Å². The molecule has 1 amide bonds. The summed E-state index contributed by atoms with van der Waals surface area (Å²) in [6, 6.07) is 11.2. The van der Waals surface area contributed by atoms with Gasteiger partial charge in [0.05, 0.1) is 18.7 Å². The molecule has 1 aromatic heterocycles. The van der Waals surface area contributed by atoms with E-state index in [1.54, 1.807) is 23.3 Å². The Bertz CT molecular complexity index is 881. The number of esters is 1. The molecule has 6 heteroatoms. The van der Waals surface area contributed by atoms with Crippen molar-refractivity contribution in [3.8, 4) is 0 Å². The van der Waals surface area contributed by atoms with Gasteiger partial charge in [-0.3, -0.25) is 14.4 Å². The molecule has 2 fully saturated rings. The van der Waals surface area contributed by atoms with Crippen LogP contribution in [0.2, 0.25) is 0 Å². The summed E-state index contributed by atoms with van der Waals surface area (Å²) in [5, 5.41) is 0. The highest BCUT2D eigenvalue weighted by Gasteiger charge is 2.36. The van der Waals surface area contributed by atoms with Crippen LogP contribution in [0.25, 0.3) is 0 Å². The quantitative estimate of drug-likeness (QED) is 0.508. The van der Waals surface area contributed by atoms with Gasteiger partial charge < -0.3 is 14.1 Å². The maximum atomic E-state index is 12.4. The average Bonchev–Trinajstić information content (AvgIpc) is 3.43. The number of benzene rings is 1. The minimum Gasteiger partial charge on any atom is -0.467 e. The van der Waals surface area contributed by atoms with Gasteiger partial charge in [-0.05, 0) is 36.5 Å². The van der Waals surface area contributed by atoms with Gasteiger partial charge in [-0.1, -0.05) is 43.5 Å². The first-order valence-corrected chi connectivity index (χ1v) is 10.7. The Morgan fingerprint density at radius 3 is 2.53 bits per heavy atom. The lowest BCUT2D eigenvalue weighted by atomic mass is 9.84. The third-order valence-corrected chi connectivity index (χ3v) is 6.13. The zero-order chi connectivity index (χ0) is 20.9. The third kappa shape index (κ3) is 4.81. The number of carbonyl (C=O) groups is 3. The molecule has 1 saturated carbocycles. The first-order valence-electron chi connectivity index (χ1n) is 10.7. The molecular weight excluding hydrogens is 382 g/mol. The van der Waals surface area contributed by atoms with Crippen LogP contribution in [0.5, 0.6) is 0 Å². The number of rotatable bonds is 7. The fourth-order valence-corrected chi connectivity index (χ4v) is 4.39. The van der Waals surface area contributed by atoms with E-state index < -0.39 is 11.9 Å². The van der Waals surface area contributed by atoms with E-state index in [2.05, 4.69) is 0 Å². The number of nitrogens with zero attached hydrogens (tertiary/aromatic N) is 1. The minimum absolute atomic E-state index is 0.101. The zero-order valence-corrected chi connectivity index (χ0v) is 17.0. The molecule has 2 heterocycles. The van der Waals surface area contributed by atoms with E-state index in [1.165, 1.54) is 37.7 Å². The van der Waals surface area contributed by atoms with Crippen LogP contribution in [-0.2, 0) is 20.9 Å². The smallest absolute Gasteiger partial charge is 0.311 e. The summed E-state index contributed by atoms with van der Waals surface area (Å²) in [7, 11) is 0. The maximum Gasteiger partial charge on any atom is 0.311 e. The van der Waals surface area contributed by atoms with Crippen LogP contribution in [0, 0.1) is 5.92 Å². The molecule has 0 N–H and O–H groups in total. The van der Waals surface area contributed by atoms with Crippen molar-refractivity contribution in [2.75, 3.05) is 13.2 Å². The predicted molar refractivity (Wildman–Crippen MR) is 110 cm³/mol. The number of carbonyl (C=O) groups excluding carboxylic acids is 3. The van der Waals surface area contributed by atoms with Gasteiger partial charge in [0.25, 0.3) is 0 Å². The van der Waals surface area contributed by atoms with Crippen LogP contribution in [0.3, 0.4) is 0 Å². The molecule has 0 spiro atoms. The molecule has 0 unspecified atom stereocenters. The number of hydrogen-bond acceptors (Lipinski definition) is 5. The highest BCUT2D eigenvalue weighted by atomic mass is 16.5. The lowest BCUT2D eigenvalue weighted by Crippen LogP contribution is -2.27. The number of Topliss-reactive ketones (excluding diaryl/α,β-unsaturated/α-hetero) is 1.